The third-order valence-corrected chi connectivity index (χ3v) is 4.69. The third kappa shape index (κ3) is 3.56. The summed E-state index contributed by atoms with van der Waals surface area (Å²) in [5.74, 6) is 1.24. The molecule has 0 unspecified atom stereocenters. The number of sulfonamides is 1. The lowest BCUT2D eigenvalue weighted by atomic mass is 10.4. The SMILES string of the molecule is Cc1cc(CS(=O)(=O)Nc2ccc(N3CCCC3)nc2)no1. The minimum Gasteiger partial charge on any atom is -0.361 e. The van der Waals surface area contributed by atoms with Crippen molar-refractivity contribution < 1.29 is 12.9 Å². The summed E-state index contributed by atoms with van der Waals surface area (Å²) in [5, 5.41) is 3.69. The van der Waals surface area contributed by atoms with Gasteiger partial charge in [0.15, 0.2) is 0 Å². The monoisotopic (exact) mass is 322 g/mol. The van der Waals surface area contributed by atoms with Crippen LogP contribution in [0.15, 0.2) is 28.9 Å². The molecule has 0 aliphatic carbocycles. The van der Waals surface area contributed by atoms with Crippen LogP contribution in [0.3, 0.4) is 0 Å². The second kappa shape index (κ2) is 5.96. The molecule has 7 nitrogen and oxygen atoms in total. The summed E-state index contributed by atoms with van der Waals surface area (Å²) in [6.45, 7) is 3.73. The minimum atomic E-state index is -3.53. The summed E-state index contributed by atoms with van der Waals surface area (Å²) in [7, 11) is -3.53. The molecule has 0 saturated carbocycles. The molecular formula is C14H18N4O3S. The van der Waals surface area contributed by atoms with Crippen molar-refractivity contribution in [3.8, 4) is 0 Å². The molecule has 8 heteroatoms. The fourth-order valence-electron chi connectivity index (χ4n) is 2.48. The number of anilines is 2. The van der Waals surface area contributed by atoms with E-state index >= 15 is 0 Å². The number of rotatable bonds is 5. The fraction of sp³-hybridized carbons (Fsp3) is 0.429. The molecule has 1 N–H and O–H groups in total. The van der Waals surface area contributed by atoms with Gasteiger partial charge in [-0.15, -0.1) is 0 Å². The number of hydrogen-bond acceptors (Lipinski definition) is 6. The quantitative estimate of drug-likeness (QED) is 0.905. The van der Waals surface area contributed by atoms with E-state index in [1.807, 2.05) is 6.07 Å². The number of aryl methyl sites for hydroxylation is 1. The number of pyridine rings is 1. The van der Waals surface area contributed by atoms with Crippen molar-refractivity contribution in [2.45, 2.75) is 25.5 Å². The van der Waals surface area contributed by atoms with E-state index in [9.17, 15) is 8.42 Å². The Morgan fingerprint density at radius 3 is 2.68 bits per heavy atom. The summed E-state index contributed by atoms with van der Waals surface area (Å²) in [6, 6.07) is 5.17. The topological polar surface area (TPSA) is 88.3 Å². The normalized spacial score (nSPS) is 15.2. The molecule has 1 saturated heterocycles. The van der Waals surface area contributed by atoms with Crippen LogP contribution in [0.5, 0.6) is 0 Å². The van der Waals surface area contributed by atoms with Crippen molar-refractivity contribution in [3.05, 3.63) is 35.9 Å². The highest BCUT2D eigenvalue weighted by Crippen LogP contribution is 2.20. The van der Waals surface area contributed by atoms with Gasteiger partial charge in [0, 0.05) is 19.2 Å². The highest BCUT2D eigenvalue weighted by Gasteiger charge is 2.16. The Kier molecular flexibility index (Phi) is 4.02. The molecule has 0 radical (unpaired) electrons. The lowest BCUT2D eigenvalue weighted by Gasteiger charge is -2.16. The van der Waals surface area contributed by atoms with Crippen LogP contribution < -0.4 is 9.62 Å². The highest BCUT2D eigenvalue weighted by atomic mass is 32.2. The number of nitrogens with zero attached hydrogens (tertiary/aromatic N) is 3. The summed E-state index contributed by atoms with van der Waals surface area (Å²) in [4.78, 5) is 6.51. The smallest absolute Gasteiger partial charge is 0.238 e. The van der Waals surface area contributed by atoms with Crippen LogP contribution in [0.4, 0.5) is 11.5 Å². The zero-order chi connectivity index (χ0) is 15.6. The van der Waals surface area contributed by atoms with Crippen molar-refractivity contribution in [3.63, 3.8) is 0 Å². The zero-order valence-corrected chi connectivity index (χ0v) is 13.1. The van der Waals surface area contributed by atoms with Gasteiger partial charge >= 0.3 is 0 Å². The van der Waals surface area contributed by atoms with E-state index in [0.29, 0.717) is 17.1 Å². The van der Waals surface area contributed by atoms with Gasteiger partial charge in [0.05, 0.1) is 11.9 Å². The molecular weight excluding hydrogens is 304 g/mol. The molecule has 1 aliphatic heterocycles. The van der Waals surface area contributed by atoms with Gasteiger partial charge in [0.25, 0.3) is 0 Å². The molecule has 0 aromatic carbocycles. The average molecular weight is 322 g/mol. The summed E-state index contributed by atoms with van der Waals surface area (Å²) in [5.41, 5.74) is 0.829. The van der Waals surface area contributed by atoms with Gasteiger partial charge in [0.1, 0.15) is 23.0 Å². The first-order chi connectivity index (χ1) is 10.5. The van der Waals surface area contributed by atoms with E-state index in [-0.39, 0.29) is 5.75 Å². The van der Waals surface area contributed by atoms with Crippen molar-refractivity contribution in [2.75, 3.05) is 22.7 Å². The molecule has 118 valence electrons. The zero-order valence-electron chi connectivity index (χ0n) is 12.3. The molecule has 0 amide bonds. The first kappa shape index (κ1) is 14.8. The van der Waals surface area contributed by atoms with E-state index in [4.69, 9.17) is 4.52 Å². The van der Waals surface area contributed by atoms with Gasteiger partial charge < -0.3 is 9.42 Å². The molecule has 2 aromatic rings. The molecule has 22 heavy (non-hydrogen) atoms. The summed E-state index contributed by atoms with van der Waals surface area (Å²) < 4.78 is 31.6. The van der Waals surface area contributed by atoms with E-state index in [1.165, 1.54) is 12.8 Å². The van der Waals surface area contributed by atoms with Crippen LogP contribution in [-0.2, 0) is 15.8 Å². The lowest BCUT2D eigenvalue weighted by Crippen LogP contribution is -2.19. The summed E-state index contributed by atoms with van der Waals surface area (Å²) in [6.07, 6.45) is 3.89. The van der Waals surface area contributed by atoms with Gasteiger partial charge in [0.2, 0.25) is 10.0 Å². The molecule has 0 atom stereocenters. The Balaban J connectivity index is 1.66. The van der Waals surface area contributed by atoms with Crippen molar-refractivity contribution >= 4 is 21.5 Å². The maximum atomic E-state index is 12.1. The Hall–Kier alpha value is -2.09. The maximum Gasteiger partial charge on any atom is 0.238 e. The molecule has 1 fully saturated rings. The Labute approximate surface area is 129 Å². The van der Waals surface area contributed by atoms with E-state index in [2.05, 4.69) is 19.8 Å². The molecule has 0 bridgehead atoms. The second-order valence-electron chi connectivity index (χ2n) is 5.39. The maximum absolute atomic E-state index is 12.1. The van der Waals surface area contributed by atoms with Crippen molar-refractivity contribution in [1.82, 2.24) is 10.1 Å². The first-order valence-corrected chi connectivity index (χ1v) is 8.81. The lowest BCUT2D eigenvalue weighted by molar-refractivity contribution is 0.392. The van der Waals surface area contributed by atoms with Crippen LogP contribution in [0.1, 0.15) is 24.3 Å². The van der Waals surface area contributed by atoms with Crippen molar-refractivity contribution in [2.24, 2.45) is 0 Å². The van der Waals surface area contributed by atoms with Gasteiger partial charge in [-0.1, -0.05) is 5.16 Å². The largest absolute Gasteiger partial charge is 0.361 e. The predicted molar refractivity (Wildman–Crippen MR) is 83.2 cm³/mol. The van der Waals surface area contributed by atoms with Gasteiger partial charge in [-0.3, -0.25) is 4.72 Å². The van der Waals surface area contributed by atoms with Gasteiger partial charge in [-0.2, -0.15) is 0 Å². The number of hydrogen-bond donors (Lipinski definition) is 1. The number of nitrogens with one attached hydrogen (secondary N) is 1. The standard InChI is InChI=1S/C14H18N4O3S/c1-11-8-13(16-21-11)10-22(19,20)17-12-4-5-14(15-9-12)18-6-2-3-7-18/h4-5,8-9,17H,2-3,6-7,10H2,1H3. The Morgan fingerprint density at radius 1 is 1.32 bits per heavy atom. The molecule has 2 aromatic heterocycles. The van der Waals surface area contributed by atoms with Gasteiger partial charge in [-0.05, 0) is 31.9 Å². The van der Waals surface area contributed by atoms with Crippen LogP contribution in [-0.4, -0.2) is 31.6 Å². The van der Waals surface area contributed by atoms with Crippen LogP contribution in [0, 0.1) is 6.92 Å². The average Bonchev–Trinajstić information content (AvgIpc) is 3.11. The molecule has 3 heterocycles. The van der Waals surface area contributed by atoms with Crippen LogP contribution in [0.2, 0.25) is 0 Å². The van der Waals surface area contributed by atoms with Crippen LogP contribution >= 0.6 is 0 Å². The minimum absolute atomic E-state index is 0.224. The van der Waals surface area contributed by atoms with E-state index < -0.39 is 10.0 Å². The van der Waals surface area contributed by atoms with Gasteiger partial charge in [-0.25, -0.2) is 13.4 Å². The van der Waals surface area contributed by atoms with Crippen molar-refractivity contribution in [1.29, 1.82) is 0 Å². The molecule has 3 rings (SSSR count). The highest BCUT2D eigenvalue weighted by molar-refractivity contribution is 7.91. The predicted octanol–water partition coefficient (Wildman–Crippen LogP) is 1.92. The molecule has 0 spiro atoms. The summed E-state index contributed by atoms with van der Waals surface area (Å²) >= 11 is 0. The second-order valence-corrected chi connectivity index (χ2v) is 7.11. The third-order valence-electron chi connectivity index (χ3n) is 3.47. The van der Waals surface area contributed by atoms with E-state index in [1.54, 1.807) is 25.3 Å². The fourth-order valence-corrected chi connectivity index (χ4v) is 3.55. The Bertz CT molecular complexity index is 734. The van der Waals surface area contributed by atoms with Crippen LogP contribution in [0.25, 0.3) is 0 Å². The first-order valence-electron chi connectivity index (χ1n) is 7.15. The number of aromatic nitrogens is 2. The Morgan fingerprint density at radius 2 is 2.09 bits per heavy atom. The molecule has 1 aliphatic rings. The van der Waals surface area contributed by atoms with E-state index in [0.717, 1.165) is 18.9 Å².